The van der Waals surface area contributed by atoms with Crippen molar-refractivity contribution >= 4 is 77.7 Å². The Labute approximate surface area is 347 Å². The maximum absolute atomic E-state index is 13.6. The van der Waals surface area contributed by atoms with Gasteiger partial charge in [0.1, 0.15) is 36.3 Å². The van der Waals surface area contributed by atoms with Gasteiger partial charge in [0.05, 0.1) is 12.5 Å². The number of hydrogen-bond donors (Lipinski definition) is 14. The van der Waals surface area contributed by atoms with Crippen LogP contribution in [0.3, 0.4) is 0 Å². The first kappa shape index (κ1) is 53.3. The summed E-state index contributed by atoms with van der Waals surface area (Å²) in [6.07, 6.45) is -1.56. The molecule has 0 aliphatic heterocycles. The minimum absolute atomic E-state index is 0.0125. The zero-order chi connectivity index (χ0) is 45.6. The van der Waals surface area contributed by atoms with Crippen LogP contribution in [0.15, 0.2) is 4.99 Å². The van der Waals surface area contributed by atoms with Crippen LogP contribution >= 0.6 is 12.6 Å². The molecule has 0 aromatic carbocycles. The van der Waals surface area contributed by atoms with Gasteiger partial charge in [0.2, 0.25) is 53.2 Å². The van der Waals surface area contributed by atoms with Gasteiger partial charge in [-0.05, 0) is 43.9 Å². The molecule has 7 atom stereocenters. The lowest BCUT2D eigenvalue weighted by atomic mass is 10.0. The van der Waals surface area contributed by atoms with Crippen molar-refractivity contribution in [1.82, 2.24) is 31.9 Å². The van der Waals surface area contributed by atoms with E-state index in [1.54, 1.807) is 27.7 Å². The Kier molecular flexibility index (Phi) is 24.4. The predicted molar refractivity (Wildman–Crippen MR) is 216 cm³/mol. The molecule has 24 nitrogen and oxygen atoms in total. The number of nitrogens with zero attached hydrogens (tertiary/aromatic N) is 1. The van der Waals surface area contributed by atoms with E-state index >= 15 is 0 Å². The topological polar surface area (TPSA) is 432 Å². The Morgan fingerprint density at radius 2 is 1.05 bits per heavy atom. The molecule has 59 heavy (non-hydrogen) atoms. The summed E-state index contributed by atoms with van der Waals surface area (Å²) >= 11 is 4.16. The molecular formula is C34H61N13O11S. The van der Waals surface area contributed by atoms with E-state index in [1.165, 1.54) is 0 Å². The van der Waals surface area contributed by atoms with E-state index in [1.807, 2.05) is 0 Å². The summed E-state index contributed by atoms with van der Waals surface area (Å²) in [5, 5.41) is 24.0. The molecule has 0 saturated carbocycles. The Bertz CT molecular complexity index is 1540. The highest BCUT2D eigenvalue weighted by atomic mass is 32.1. The summed E-state index contributed by atoms with van der Waals surface area (Å²) < 4.78 is 0. The Morgan fingerprint density at radius 3 is 1.54 bits per heavy atom. The molecule has 0 unspecified atom stereocenters. The number of aliphatic carboxylic acids is 1. The van der Waals surface area contributed by atoms with Gasteiger partial charge in [-0.15, -0.1) is 0 Å². The highest BCUT2D eigenvalue weighted by molar-refractivity contribution is 7.80. The predicted octanol–water partition coefficient (Wildman–Crippen LogP) is -5.60. The Hall–Kier alpha value is -5.72. The number of thiol groups is 1. The van der Waals surface area contributed by atoms with Crippen LogP contribution in [0.5, 0.6) is 0 Å². The third-order valence-electron chi connectivity index (χ3n) is 8.35. The van der Waals surface area contributed by atoms with E-state index in [0.717, 1.165) is 0 Å². The number of amides is 9. The fourth-order valence-corrected chi connectivity index (χ4v) is 5.46. The molecule has 19 N–H and O–H groups in total. The van der Waals surface area contributed by atoms with Gasteiger partial charge in [-0.3, -0.25) is 48.1 Å². The summed E-state index contributed by atoms with van der Waals surface area (Å²) in [6, 6.07) is -9.82. The van der Waals surface area contributed by atoms with E-state index in [2.05, 4.69) is 49.5 Å². The quantitative estimate of drug-likeness (QED) is 0.0144. The first-order valence-electron chi connectivity index (χ1n) is 18.7. The molecule has 0 radical (unpaired) electrons. The first-order chi connectivity index (χ1) is 27.4. The second-order valence-corrected chi connectivity index (χ2v) is 14.8. The second kappa shape index (κ2) is 27.1. The maximum atomic E-state index is 13.6. The third-order valence-corrected chi connectivity index (χ3v) is 8.72. The SMILES string of the molecule is CC(C)C[C@H](NC(=O)[C@H](CC(N)=O)NC(=O)[C@@H](NC(=O)[C@H](CS)NC(=O)[C@H](CCCN=C(N)N)NC(=O)[C@@H](N)CCC(N)=O)C(C)C)C(=O)N[C@@H](CCC(N)=O)C(=O)O. The number of nitrogens with one attached hydrogen (secondary N) is 6. The average Bonchev–Trinajstić information content (AvgIpc) is 3.12. The smallest absolute Gasteiger partial charge is 0.326 e. The van der Waals surface area contributed by atoms with Crippen molar-refractivity contribution in [2.24, 2.45) is 51.2 Å². The normalized spacial score (nSPS) is 14.5. The minimum atomic E-state index is -1.68. The van der Waals surface area contributed by atoms with Gasteiger partial charge in [-0.25, -0.2) is 4.79 Å². The number of carbonyl (C=O) groups excluding carboxylic acids is 9. The van der Waals surface area contributed by atoms with Gasteiger partial charge in [-0.2, -0.15) is 12.6 Å². The van der Waals surface area contributed by atoms with Crippen molar-refractivity contribution in [2.45, 2.75) is 121 Å². The van der Waals surface area contributed by atoms with Gasteiger partial charge < -0.3 is 71.4 Å². The fraction of sp³-hybridized carbons (Fsp3) is 0.676. The number of nitrogens with two attached hydrogens (primary N) is 6. The molecule has 0 rings (SSSR count). The summed E-state index contributed by atoms with van der Waals surface area (Å²) in [5.74, 6) is -10.8. The molecule has 334 valence electrons. The molecule has 0 aliphatic rings. The summed E-state index contributed by atoms with van der Waals surface area (Å²) in [4.78, 5) is 130. The molecule has 0 saturated heterocycles. The van der Waals surface area contributed by atoms with Gasteiger partial charge in [0.15, 0.2) is 5.96 Å². The monoisotopic (exact) mass is 859 g/mol. The number of rotatable bonds is 29. The number of aliphatic imine (C=N–C) groups is 1. The second-order valence-electron chi connectivity index (χ2n) is 14.4. The third kappa shape index (κ3) is 22.1. The standard InChI is InChI=1S/C34H61N13O11S/c1-15(2)12-20(29(53)43-19(33(57)58)8-10-24(37)49)44-30(54)21(13-25(38)50)45-32(56)26(16(3)4)47-31(55)22(14-59)46-28(52)18(6-5-11-41-34(39)40)42-27(51)17(35)7-9-23(36)48/h15-22,26,59H,5-14,35H2,1-4H3,(H2,36,48)(H2,37,49)(H2,38,50)(H,42,51)(H,43,53)(H,44,54)(H,45,56)(H,46,52)(H,47,55)(H,57,58)(H4,39,40,41)/t17-,18-,19-,20-,21-,22-,26-/m0/s1. The van der Waals surface area contributed by atoms with Crippen LogP contribution in [-0.4, -0.2) is 125 Å². The molecule has 0 aliphatic carbocycles. The van der Waals surface area contributed by atoms with E-state index in [-0.39, 0.29) is 69.1 Å². The van der Waals surface area contributed by atoms with Crippen LogP contribution in [0.4, 0.5) is 0 Å². The molecule has 0 spiro atoms. The molecule has 0 fully saturated rings. The molecular weight excluding hydrogens is 799 g/mol. The zero-order valence-corrected chi connectivity index (χ0v) is 34.5. The van der Waals surface area contributed by atoms with Crippen LogP contribution < -0.4 is 66.3 Å². The molecule has 25 heteroatoms. The molecule has 0 bridgehead atoms. The molecule has 0 heterocycles. The Morgan fingerprint density at radius 1 is 0.576 bits per heavy atom. The summed E-state index contributed by atoms with van der Waals surface area (Å²) in [5.41, 5.74) is 32.2. The summed E-state index contributed by atoms with van der Waals surface area (Å²) in [6.45, 7) is 6.60. The number of hydrogen-bond acceptors (Lipinski definition) is 13. The van der Waals surface area contributed by atoms with E-state index < -0.39 is 114 Å². The van der Waals surface area contributed by atoms with Crippen molar-refractivity contribution in [2.75, 3.05) is 12.3 Å². The highest BCUT2D eigenvalue weighted by Gasteiger charge is 2.35. The summed E-state index contributed by atoms with van der Waals surface area (Å²) in [7, 11) is 0. The van der Waals surface area contributed by atoms with Crippen LogP contribution in [-0.2, 0) is 47.9 Å². The van der Waals surface area contributed by atoms with Crippen LogP contribution in [0.1, 0.15) is 79.1 Å². The van der Waals surface area contributed by atoms with Crippen LogP contribution in [0, 0.1) is 11.8 Å². The minimum Gasteiger partial charge on any atom is -0.480 e. The Balaban J connectivity index is 6.15. The van der Waals surface area contributed by atoms with Crippen molar-refractivity contribution in [1.29, 1.82) is 0 Å². The van der Waals surface area contributed by atoms with Crippen molar-refractivity contribution < 1.29 is 53.1 Å². The molecule has 0 aromatic heterocycles. The number of primary amides is 3. The van der Waals surface area contributed by atoms with Gasteiger partial charge in [0, 0.05) is 25.1 Å². The van der Waals surface area contributed by atoms with E-state index in [4.69, 9.17) is 34.4 Å². The van der Waals surface area contributed by atoms with Gasteiger partial charge in [-0.1, -0.05) is 27.7 Å². The maximum Gasteiger partial charge on any atom is 0.326 e. The lowest BCUT2D eigenvalue weighted by Gasteiger charge is -2.28. The van der Waals surface area contributed by atoms with Crippen molar-refractivity contribution in [3.63, 3.8) is 0 Å². The van der Waals surface area contributed by atoms with Crippen LogP contribution in [0.25, 0.3) is 0 Å². The van der Waals surface area contributed by atoms with E-state index in [9.17, 15) is 53.1 Å². The first-order valence-corrected chi connectivity index (χ1v) is 19.3. The average molecular weight is 860 g/mol. The number of carbonyl (C=O) groups is 10. The zero-order valence-electron chi connectivity index (χ0n) is 33.7. The highest BCUT2D eigenvalue weighted by Crippen LogP contribution is 2.10. The largest absolute Gasteiger partial charge is 0.480 e. The molecule has 0 aromatic rings. The molecule has 9 amide bonds. The van der Waals surface area contributed by atoms with Gasteiger partial charge in [0.25, 0.3) is 0 Å². The van der Waals surface area contributed by atoms with Crippen molar-refractivity contribution in [3.05, 3.63) is 0 Å². The fourth-order valence-electron chi connectivity index (χ4n) is 5.20. The number of carboxylic acid groups (broad SMARTS) is 1. The lowest BCUT2D eigenvalue weighted by molar-refractivity contribution is -0.143. The lowest BCUT2D eigenvalue weighted by Crippen LogP contribution is -2.61. The number of carboxylic acids is 1. The van der Waals surface area contributed by atoms with E-state index in [0.29, 0.717) is 0 Å². The van der Waals surface area contributed by atoms with Crippen LogP contribution in [0.2, 0.25) is 0 Å². The van der Waals surface area contributed by atoms with Gasteiger partial charge >= 0.3 is 5.97 Å². The number of guanidine groups is 1. The van der Waals surface area contributed by atoms with Crippen molar-refractivity contribution in [3.8, 4) is 0 Å².